The Morgan fingerprint density at radius 3 is 1.78 bits per heavy atom. The number of carbonyl (C=O) groups is 1. The van der Waals surface area contributed by atoms with Crippen LogP contribution in [-0.2, 0) is 26.9 Å². The zero-order chi connectivity index (χ0) is 41.3. The van der Waals surface area contributed by atoms with Crippen LogP contribution in [0.3, 0.4) is 0 Å². The molecule has 5 aromatic carbocycles. The lowest BCUT2D eigenvalue weighted by Gasteiger charge is -2.49. The fraction of sp³-hybridized carbons (Fsp3) is 0.347. The molecule has 1 N–H and O–H groups in total. The summed E-state index contributed by atoms with van der Waals surface area (Å²) < 4.78 is 20.1. The maximum atomic E-state index is 14.1. The average Bonchev–Trinajstić information content (AvgIpc) is 3.77. The van der Waals surface area contributed by atoms with Gasteiger partial charge in [0.05, 0.1) is 28.4 Å². The van der Waals surface area contributed by atoms with E-state index in [0.29, 0.717) is 23.5 Å². The third-order valence-electron chi connectivity index (χ3n) is 12.6. The van der Waals surface area contributed by atoms with Gasteiger partial charge in [0.2, 0.25) is 11.3 Å². The molecule has 2 fully saturated rings. The Morgan fingerprint density at radius 1 is 0.810 bits per heavy atom. The van der Waals surface area contributed by atoms with Gasteiger partial charge in [-0.2, -0.15) is 5.26 Å². The summed E-state index contributed by atoms with van der Waals surface area (Å²) in [5.41, 5.74) is -0.165. The lowest BCUT2D eigenvalue weighted by Crippen LogP contribution is -2.65. The van der Waals surface area contributed by atoms with E-state index >= 15 is 0 Å². The van der Waals surface area contributed by atoms with Gasteiger partial charge in [-0.25, -0.2) is 4.79 Å². The number of hydrogen-bond donors (Lipinski definition) is 1. The van der Waals surface area contributed by atoms with Crippen LogP contribution in [0.5, 0.6) is 5.75 Å². The van der Waals surface area contributed by atoms with Crippen LogP contribution in [0.15, 0.2) is 133 Å². The summed E-state index contributed by atoms with van der Waals surface area (Å²) in [7, 11) is -2.86. The third-order valence-corrected chi connectivity index (χ3v) is 17.0. The summed E-state index contributed by atoms with van der Waals surface area (Å²) >= 11 is 0. The molecular formula is C49H53N3O5Si. The Labute approximate surface area is 343 Å². The van der Waals surface area contributed by atoms with Gasteiger partial charge in [-0.3, -0.25) is 4.90 Å². The van der Waals surface area contributed by atoms with Crippen LogP contribution in [-0.4, -0.2) is 54.2 Å². The maximum absolute atomic E-state index is 14.1. The van der Waals surface area contributed by atoms with Crippen LogP contribution in [0.25, 0.3) is 0 Å². The van der Waals surface area contributed by atoms with E-state index in [-0.39, 0.29) is 23.3 Å². The van der Waals surface area contributed by atoms with Crippen molar-refractivity contribution in [3.05, 3.63) is 167 Å². The first kappa shape index (κ1) is 39.6. The minimum atomic E-state index is -2.86. The van der Waals surface area contributed by atoms with Crippen molar-refractivity contribution in [3.8, 4) is 11.8 Å². The highest BCUT2D eigenvalue weighted by molar-refractivity contribution is 6.74. The number of rotatable bonds is 10. The molecule has 0 spiro atoms. The molecule has 58 heavy (non-hydrogen) atoms. The van der Waals surface area contributed by atoms with Crippen LogP contribution >= 0.6 is 0 Å². The van der Waals surface area contributed by atoms with Crippen molar-refractivity contribution in [2.24, 2.45) is 0 Å². The standard InChI is InChI=1S/C49H53N3O5Si/c1-45(2,3)56-44(53)35-29-39-42(41(30-35)55-32-34-21-13-9-14-22-34)47(33-50,57-58(7,8)46(4,5)6)49(54)43-40(31-51(39)49)52(43)48(36-23-15-10-16-24-36,37-25-17-11-18-26-37)38-27-19-12-20-28-38/h9-30,40,43,54H,31-32H2,1-8H3/t40-,43-,47?,49-,52?/m0/s1. The monoisotopic (exact) mass is 791 g/mol. The third kappa shape index (κ3) is 6.08. The van der Waals surface area contributed by atoms with E-state index in [1.165, 1.54) is 0 Å². The molecule has 8 nitrogen and oxygen atoms in total. The maximum Gasteiger partial charge on any atom is 0.338 e. The molecule has 298 valence electrons. The summed E-state index contributed by atoms with van der Waals surface area (Å²) in [6.07, 6.45) is 0. The lowest BCUT2D eigenvalue weighted by molar-refractivity contribution is -0.110. The predicted octanol–water partition coefficient (Wildman–Crippen LogP) is 9.53. The largest absolute Gasteiger partial charge is 0.488 e. The lowest BCUT2D eigenvalue weighted by atomic mass is 9.76. The summed E-state index contributed by atoms with van der Waals surface area (Å²) in [5.74, 6) is -0.222. The highest BCUT2D eigenvalue weighted by Crippen LogP contribution is 2.68. The Hall–Kier alpha value is -5.24. The Morgan fingerprint density at radius 2 is 1.31 bits per heavy atom. The minimum Gasteiger partial charge on any atom is -0.488 e. The number of anilines is 1. The predicted molar refractivity (Wildman–Crippen MR) is 229 cm³/mol. The molecule has 5 atom stereocenters. The molecule has 9 heteroatoms. The van der Waals surface area contributed by atoms with Crippen molar-refractivity contribution in [1.82, 2.24) is 4.90 Å². The molecule has 2 unspecified atom stereocenters. The van der Waals surface area contributed by atoms with Gasteiger partial charge in [-0.05, 0) is 73.3 Å². The second kappa shape index (κ2) is 14.0. The van der Waals surface area contributed by atoms with Gasteiger partial charge in [0.1, 0.15) is 24.0 Å². The zero-order valence-corrected chi connectivity index (χ0v) is 35.7. The summed E-state index contributed by atoms with van der Waals surface area (Å²) in [5, 5.41) is 25.7. The minimum absolute atomic E-state index is 0.169. The number of nitriles is 1. The van der Waals surface area contributed by atoms with Gasteiger partial charge in [0.15, 0.2) is 8.32 Å². The SMILES string of the molecule is CC(C)(C)OC(=O)c1cc(OCc2ccccc2)c2c(c1)N1C[C@H]3[C@H](N3C(c3ccccc3)(c3ccccc3)c3ccccc3)[C@]1(O)C2(C#N)O[Si](C)(C)C(C)(C)C. The fourth-order valence-corrected chi connectivity index (χ4v) is 10.4. The Bertz CT molecular complexity index is 2260. The van der Waals surface area contributed by atoms with Gasteiger partial charge in [-0.15, -0.1) is 0 Å². The van der Waals surface area contributed by atoms with E-state index in [4.69, 9.17) is 13.9 Å². The van der Waals surface area contributed by atoms with E-state index in [2.05, 4.69) is 118 Å². The van der Waals surface area contributed by atoms with Crippen LogP contribution in [0.2, 0.25) is 18.1 Å². The molecule has 2 saturated heterocycles. The van der Waals surface area contributed by atoms with Crippen LogP contribution < -0.4 is 9.64 Å². The van der Waals surface area contributed by atoms with Gasteiger partial charge in [0.25, 0.3) is 0 Å². The number of aliphatic hydroxyl groups is 1. The van der Waals surface area contributed by atoms with Crippen molar-refractivity contribution in [2.45, 2.75) is 101 Å². The summed E-state index contributed by atoms with van der Waals surface area (Å²) in [6.45, 7) is 16.6. The van der Waals surface area contributed by atoms with E-state index in [9.17, 15) is 15.2 Å². The van der Waals surface area contributed by atoms with E-state index in [0.717, 1.165) is 22.3 Å². The van der Waals surface area contributed by atoms with Crippen molar-refractivity contribution >= 4 is 20.0 Å². The number of benzene rings is 5. The Balaban J connectivity index is 1.38. The second-order valence-electron chi connectivity index (χ2n) is 18.4. The van der Waals surface area contributed by atoms with Crippen molar-refractivity contribution < 1.29 is 23.8 Å². The van der Waals surface area contributed by atoms with Gasteiger partial charge >= 0.3 is 5.97 Å². The molecule has 0 saturated carbocycles. The number of hydrogen-bond acceptors (Lipinski definition) is 8. The molecule has 0 radical (unpaired) electrons. The number of ether oxygens (including phenoxy) is 2. The fourth-order valence-electron chi connectivity index (χ4n) is 9.02. The molecule has 5 aromatic rings. The highest BCUT2D eigenvalue weighted by atomic mass is 28.4. The summed E-state index contributed by atoms with van der Waals surface area (Å²) in [4.78, 5) is 18.2. The van der Waals surface area contributed by atoms with Crippen LogP contribution in [0.1, 0.15) is 79.7 Å². The average molecular weight is 792 g/mol. The topological polar surface area (TPSA) is 95.0 Å². The van der Waals surface area contributed by atoms with Gasteiger partial charge < -0.3 is 23.9 Å². The number of fused-ring (bicyclic) bond motifs is 5. The Kier molecular flexibility index (Phi) is 9.52. The molecule has 3 aliphatic heterocycles. The van der Waals surface area contributed by atoms with E-state index in [1.807, 2.05) is 74.2 Å². The molecular weight excluding hydrogens is 739 g/mol. The molecule has 8 rings (SSSR count). The summed E-state index contributed by atoms with van der Waals surface area (Å²) in [6, 6.07) is 46.3. The van der Waals surface area contributed by atoms with Crippen molar-refractivity contribution in [3.63, 3.8) is 0 Å². The molecule has 0 bridgehead atoms. The first-order valence-corrected chi connectivity index (χ1v) is 23.1. The second-order valence-corrected chi connectivity index (χ2v) is 23.1. The van der Waals surface area contributed by atoms with Gasteiger partial charge in [0, 0.05) is 12.6 Å². The van der Waals surface area contributed by atoms with Crippen LogP contribution in [0, 0.1) is 11.3 Å². The molecule has 0 aliphatic carbocycles. The quantitative estimate of drug-likeness (QED) is 0.0647. The normalized spacial score (nSPS) is 23.7. The highest BCUT2D eigenvalue weighted by Gasteiger charge is 2.83. The van der Waals surface area contributed by atoms with Crippen LogP contribution in [0.4, 0.5) is 5.69 Å². The van der Waals surface area contributed by atoms with E-state index < -0.39 is 42.8 Å². The smallest absolute Gasteiger partial charge is 0.338 e. The first-order valence-electron chi connectivity index (χ1n) is 20.1. The van der Waals surface area contributed by atoms with Crippen molar-refractivity contribution in [2.75, 3.05) is 11.4 Å². The van der Waals surface area contributed by atoms with Crippen molar-refractivity contribution in [1.29, 1.82) is 5.26 Å². The molecule has 3 heterocycles. The molecule has 3 aliphatic rings. The number of nitrogens with zero attached hydrogens (tertiary/aromatic N) is 3. The number of carbonyl (C=O) groups excluding carboxylic acids is 1. The molecule has 0 amide bonds. The molecule has 0 aromatic heterocycles. The van der Waals surface area contributed by atoms with E-state index in [1.54, 1.807) is 12.1 Å². The van der Waals surface area contributed by atoms with Gasteiger partial charge in [-0.1, -0.05) is 142 Å². The first-order chi connectivity index (χ1) is 27.5. The number of esters is 1. The number of piperazine rings is 1. The zero-order valence-electron chi connectivity index (χ0n) is 34.7.